The highest BCUT2D eigenvalue weighted by molar-refractivity contribution is 6.06. The number of para-hydroxylation sites is 1. The second-order valence-electron chi connectivity index (χ2n) is 8.05. The molecule has 0 atom stereocenters. The minimum absolute atomic E-state index is 0.100. The first-order valence-electron chi connectivity index (χ1n) is 11.0. The Morgan fingerprint density at radius 1 is 1.26 bits per heavy atom. The maximum atomic E-state index is 14.8. The third kappa shape index (κ3) is 5.26. The Morgan fingerprint density at radius 3 is 2.71 bits per heavy atom. The fourth-order valence-corrected chi connectivity index (χ4v) is 3.68. The number of nitrogens with two attached hydrogens (primary N) is 2. The summed E-state index contributed by atoms with van der Waals surface area (Å²) in [5.41, 5.74) is 16.3. The molecule has 0 bridgehead atoms. The Balaban J connectivity index is 1.91. The van der Waals surface area contributed by atoms with E-state index in [1.54, 1.807) is 46.4 Å². The monoisotopic (exact) mass is 466 g/mol. The lowest BCUT2D eigenvalue weighted by Gasteiger charge is -2.17. The van der Waals surface area contributed by atoms with E-state index in [0.717, 1.165) is 16.9 Å². The summed E-state index contributed by atoms with van der Waals surface area (Å²) in [6, 6.07) is 8.55. The van der Waals surface area contributed by atoms with Crippen molar-refractivity contribution >= 4 is 17.3 Å². The maximum Gasteiger partial charge on any atom is 0.269 e. The zero-order valence-corrected chi connectivity index (χ0v) is 20.0. The molecule has 2 aromatic heterocycles. The highest BCUT2D eigenvalue weighted by Crippen LogP contribution is 2.33. The van der Waals surface area contributed by atoms with Gasteiger partial charge in [0, 0.05) is 74.5 Å². The van der Waals surface area contributed by atoms with Crippen molar-refractivity contribution in [2.24, 2.45) is 16.5 Å². The second-order valence-corrected chi connectivity index (χ2v) is 8.05. The van der Waals surface area contributed by atoms with Crippen LogP contribution in [0.4, 0.5) is 4.39 Å². The van der Waals surface area contributed by atoms with Gasteiger partial charge in [-0.1, -0.05) is 12.1 Å². The summed E-state index contributed by atoms with van der Waals surface area (Å²) < 4.78 is 22.7. The van der Waals surface area contributed by atoms with Crippen LogP contribution in [0, 0.1) is 5.82 Å². The number of ether oxygens (including phenoxy) is 1. The van der Waals surface area contributed by atoms with Crippen LogP contribution in [0.2, 0.25) is 0 Å². The molecule has 1 amide bonds. The molecular weight excluding hydrogens is 435 g/mol. The summed E-state index contributed by atoms with van der Waals surface area (Å²) in [5, 5.41) is 0. The van der Waals surface area contributed by atoms with E-state index in [-0.39, 0.29) is 24.0 Å². The molecule has 3 aromatic rings. The number of hydrogen-bond acceptors (Lipinski definition) is 6. The first-order chi connectivity index (χ1) is 16.3. The summed E-state index contributed by atoms with van der Waals surface area (Å²) in [4.78, 5) is 22.3. The number of aliphatic imine (C=N–C) groups is 1. The van der Waals surface area contributed by atoms with Crippen LogP contribution in [0.5, 0.6) is 5.75 Å². The molecule has 8 nitrogen and oxygen atoms in total. The van der Waals surface area contributed by atoms with E-state index in [0.29, 0.717) is 36.2 Å². The first kappa shape index (κ1) is 24.9. The molecule has 0 spiro atoms. The molecule has 34 heavy (non-hydrogen) atoms. The molecule has 2 heterocycles. The first-order valence-corrected chi connectivity index (χ1v) is 11.0. The number of hydrogen-bond donors (Lipinski definition) is 2. The number of likely N-dealkylation sites (N-methyl/N-ethyl adjacent to an activating group) is 1. The van der Waals surface area contributed by atoms with Crippen LogP contribution < -0.4 is 16.2 Å². The van der Waals surface area contributed by atoms with Gasteiger partial charge in [0.25, 0.3) is 5.91 Å². The van der Waals surface area contributed by atoms with Gasteiger partial charge in [0.05, 0.1) is 6.61 Å². The minimum Gasteiger partial charge on any atom is -0.490 e. The van der Waals surface area contributed by atoms with Gasteiger partial charge in [-0.05, 0) is 31.7 Å². The van der Waals surface area contributed by atoms with Crippen LogP contribution in [-0.4, -0.2) is 60.2 Å². The average molecular weight is 467 g/mol. The van der Waals surface area contributed by atoms with Gasteiger partial charge in [0.1, 0.15) is 11.3 Å². The second kappa shape index (κ2) is 10.9. The molecule has 0 aliphatic rings. The predicted molar refractivity (Wildman–Crippen MR) is 132 cm³/mol. The van der Waals surface area contributed by atoms with E-state index >= 15 is 0 Å². The lowest BCUT2D eigenvalue weighted by molar-refractivity contribution is -0.124. The zero-order valence-electron chi connectivity index (χ0n) is 20.0. The SMILES string of the molecule is CN=C(C)C(CCOc1c(F)cccc1-c1ccc2ncc(CCN)n2c1)=C(N)C(=O)N(C)C. The number of rotatable bonds is 9. The van der Waals surface area contributed by atoms with Crippen LogP contribution in [0.25, 0.3) is 16.8 Å². The molecule has 0 saturated carbocycles. The number of halogens is 1. The normalized spacial score (nSPS) is 12.6. The number of pyridine rings is 1. The van der Waals surface area contributed by atoms with Crippen LogP contribution in [0.3, 0.4) is 0 Å². The molecule has 0 fully saturated rings. The van der Waals surface area contributed by atoms with Crippen molar-refractivity contribution in [2.45, 2.75) is 19.8 Å². The lowest BCUT2D eigenvalue weighted by atomic mass is 10.0. The van der Waals surface area contributed by atoms with Gasteiger partial charge in [-0.2, -0.15) is 0 Å². The number of benzene rings is 1. The molecule has 0 aliphatic carbocycles. The van der Waals surface area contributed by atoms with E-state index in [1.807, 2.05) is 22.7 Å². The smallest absolute Gasteiger partial charge is 0.269 e. The molecule has 3 rings (SSSR count). The molecule has 0 radical (unpaired) electrons. The molecular formula is C25H31FN6O2. The third-order valence-electron chi connectivity index (χ3n) is 5.59. The van der Waals surface area contributed by atoms with Crippen LogP contribution in [0.1, 0.15) is 19.0 Å². The van der Waals surface area contributed by atoms with E-state index in [2.05, 4.69) is 9.98 Å². The maximum absolute atomic E-state index is 14.8. The summed E-state index contributed by atoms with van der Waals surface area (Å²) in [6.07, 6.45) is 4.67. The Hall–Kier alpha value is -3.72. The molecule has 4 N–H and O–H groups in total. The van der Waals surface area contributed by atoms with E-state index in [4.69, 9.17) is 16.2 Å². The summed E-state index contributed by atoms with van der Waals surface area (Å²) in [7, 11) is 4.89. The summed E-state index contributed by atoms with van der Waals surface area (Å²) >= 11 is 0. The third-order valence-corrected chi connectivity index (χ3v) is 5.59. The number of amides is 1. The highest BCUT2D eigenvalue weighted by atomic mass is 19.1. The van der Waals surface area contributed by atoms with Crippen molar-refractivity contribution in [3.05, 3.63) is 65.5 Å². The van der Waals surface area contributed by atoms with Crippen LogP contribution in [0.15, 0.2) is 59.0 Å². The number of aromatic nitrogens is 2. The van der Waals surface area contributed by atoms with Gasteiger partial charge >= 0.3 is 0 Å². The Morgan fingerprint density at radius 2 is 2.03 bits per heavy atom. The average Bonchev–Trinajstić information content (AvgIpc) is 3.23. The number of nitrogens with zero attached hydrogens (tertiary/aromatic N) is 4. The highest BCUT2D eigenvalue weighted by Gasteiger charge is 2.18. The Kier molecular flexibility index (Phi) is 8.01. The van der Waals surface area contributed by atoms with Crippen molar-refractivity contribution in [3.8, 4) is 16.9 Å². The van der Waals surface area contributed by atoms with E-state index in [9.17, 15) is 9.18 Å². The largest absolute Gasteiger partial charge is 0.490 e. The predicted octanol–water partition coefficient (Wildman–Crippen LogP) is 2.80. The number of carbonyl (C=O) groups excluding carboxylic acids is 1. The molecule has 0 unspecified atom stereocenters. The van der Waals surface area contributed by atoms with E-state index in [1.165, 1.54) is 11.0 Å². The van der Waals surface area contributed by atoms with Gasteiger partial charge in [-0.15, -0.1) is 0 Å². The number of fused-ring (bicyclic) bond motifs is 1. The molecule has 9 heteroatoms. The van der Waals surface area contributed by atoms with Crippen molar-refractivity contribution < 1.29 is 13.9 Å². The lowest BCUT2D eigenvalue weighted by Crippen LogP contribution is -2.30. The fraction of sp³-hybridized carbons (Fsp3) is 0.320. The van der Waals surface area contributed by atoms with Gasteiger partial charge in [-0.25, -0.2) is 9.37 Å². The van der Waals surface area contributed by atoms with Crippen LogP contribution in [-0.2, 0) is 11.2 Å². The molecule has 180 valence electrons. The number of carbonyl (C=O) groups is 1. The minimum atomic E-state index is -0.478. The van der Waals surface area contributed by atoms with Crippen molar-refractivity contribution in [1.82, 2.24) is 14.3 Å². The Bertz CT molecular complexity index is 1250. The van der Waals surface area contributed by atoms with E-state index < -0.39 is 5.82 Å². The fourth-order valence-electron chi connectivity index (χ4n) is 3.68. The molecule has 0 saturated heterocycles. The van der Waals surface area contributed by atoms with Crippen molar-refractivity contribution in [3.63, 3.8) is 0 Å². The van der Waals surface area contributed by atoms with Crippen molar-refractivity contribution in [2.75, 3.05) is 34.3 Å². The number of imidazole rings is 1. The summed E-state index contributed by atoms with van der Waals surface area (Å²) in [5.74, 6) is -0.661. The van der Waals surface area contributed by atoms with Crippen molar-refractivity contribution in [1.29, 1.82) is 0 Å². The molecule has 0 aliphatic heterocycles. The quantitative estimate of drug-likeness (QED) is 0.372. The topological polar surface area (TPSA) is 111 Å². The van der Waals surface area contributed by atoms with Gasteiger partial charge in [0.15, 0.2) is 11.6 Å². The van der Waals surface area contributed by atoms with Gasteiger partial charge in [-0.3, -0.25) is 9.79 Å². The zero-order chi connectivity index (χ0) is 24.8. The van der Waals surface area contributed by atoms with Crippen LogP contribution >= 0.6 is 0 Å². The summed E-state index contributed by atoms with van der Waals surface area (Å²) in [6.45, 7) is 2.39. The standard InChI is InChI=1S/C25H31FN6O2/c1-16(29-2)19(23(28)25(33)31(3)4)11-13-34-24-20(6-5-7-21(24)26)17-8-9-22-30-14-18(10-12-27)32(22)15-17/h5-9,14-15H,10-13,27-28H2,1-4H3. The molecule has 1 aromatic carbocycles. The van der Waals surface area contributed by atoms with Gasteiger partial charge in [0.2, 0.25) is 0 Å². The van der Waals surface area contributed by atoms with Gasteiger partial charge < -0.3 is 25.5 Å². The Labute approximate surface area is 198 Å².